The molecule has 2 atom stereocenters. The Morgan fingerprint density at radius 2 is 1.72 bits per heavy atom. The number of anilines is 2. The standard InChI is InChI=1S/C38H36ClF3N8O4/c1-19-21(7-6-10-24(19)43-31-29-32(46-35(45-31)38(40,41)42)48(2)36(53)49(3)34(29)52)22-8-5-9-23(30(22)39)25-17-20-11-12-26(28(20)33(44-25)54-4)50-16-15-37(18-50)14-13-27(51)47-37/h5-10,17,26H,11-16,18H2,1-4H3,(H,47,51)(H,43,45,46)/t26-,37+/m0/s1. The van der Waals surface area contributed by atoms with Gasteiger partial charge in [0.25, 0.3) is 5.56 Å². The third-order valence-corrected chi connectivity index (χ3v) is 11.5. The van der Waals surface area contributed by atoms with Crippen molar-refractivity contribution in [3.63, 3.8) is 0 Å². The van der Waals surface area contributed by atoms with Gasteiger partial charge in [-0.05, 0) is 61.4 Å². The van der Waals surface area contributed by atoms with E-state index in [2.05, 4.69) is 31.6 Å². The summed E-state index contributed by atoms with van der Waals surface area (Å²) in [5.41, 5.74) is 3.52. The Balaban J connectivity index is 1.15. The molecule has 2 aliphatic heterocycles. The van der Waals surface area contributed by atoms with E-state index >= 15 is 0 Å². The van der Waals surface area contributed by atoms with Crippen molar-refractivity contribution in [2.24, 2.45) is 14.1 Å². The number of carbonyl (C=O) groups excluding carboxylic acids is 1. The van der Waals surface area contributed by atoms with Crippen LogP contribution in [0.5, 0.6) is 5.88 Å². The molecule has 1 amide bonds. The van der Waals surface area contributed by atoms with E-state index < -0.39 is 34.7 Å². The maximum absolute atomic E-state index is 13.9. The molecule has 2 fully saturated rings. The van der Waals surface area contributed by atoms with E-state index in [1.807, 2.05) is 24.3 Å². The number of hydrogen-bond acceptors (Lipinski definition) is 9. The van der Waals surface area contributed by atoms with Crippen molar-refractivity contribution >= 4 is 40.0 Å². The molecule has 280 valence electrons. The largest absolute Gasteiger partial charge is 0.481 e. The molecule has 0 saturated carbocycles. The quantitative estimate of drug-likeness (QED) is 0.219. The summed E-state index contributed by atoms with van der Waals surface area (Å²) < 4.78 is 49.4. The van der Waals surface area contributed by atoms with Crippen LogP contribution in [0.2, 0.25) is 5.02 Å². The van der Waals surface area contributed by atoms with Crippen molar-refractivity contribution < 1.29 is 22.7 Å². The molecule has 1 aliphatic carbocycles. The average Bonchev–Trinajstić information content (AvgIpc) is 3.87. The summed E-state index contributed by atoms with van der Waals surface area (Å²) in [6.07, 6.45) is -0.884. The number of methoxy groups -OCH3 is 1. The Bertz CT molecular complexity index is 2520. The highest BCUT2D eigenvalue weighted by Crippen LogP contribution is 2.47. The number of benzene rings is 2. The fourth-order valence-electron chi connectivity index (χ4n) is 8.30. The molecule has 5 heterocycles. The van der Waals surface area contributed by atoms with Crippen molar-refractivity contribution in [2.45, 2.75) is 56.8 Å². The Morgan fingerprint density at radius 3 is 2.44 bits per heavy atom. The van der Waals surface area contributed by atoms with Crippen molar-refractivity contribution in [2.75, 3.05) is 25.5 Å². The lowest BCUT2D eigenvalue weighted by Crippen LogP contribution is -2.44. The highest BCUT2D eigenvalue weighted by Gasteiger charge is 2.46. The molecule has 2 saturated heterocycles. The summed E-state index contributed by atoms with van der Waals surface area (Å²) in [5.74, 6) is -1.25. The van der Waals surface area contributed by atoms with Gasteiger partial charge in [-0.25, -0.2) is 19.7 Å². The molecule has 3 aliphatic rings. The van der Waals surface area contributed by atoms with E-state index in [4.69, 9.17) is 21.3 Å². The van der Waals surface area contributed by atoms with E-state index in [-0.39, 0.29) is 22.9 Å². The van der Waals surface area contributed by atoms with Crippen LogP contribution in [0.25, 0.3) is 33.4 Å². The predicted octanol–water partition coefficient (Wildman–Crippen LogP) is 5.83. The molecule has 3 aromatic heterocycles. The number of aromatic nitrogens is 5. The Hall–Kier alpha value is -5.28. The van der Waals surface area contributed by atoms with E-state index in [0.29, 0.717) is 51.0 Å². The van der Waals surface area contributed by atoms with Gasteiger partial charge >= 0.3 is 11.9 Å². The zero-order chi connectivity index (χ0) is 38.3. The van der Waals surface area contributed by atoms with E-state index in [1.165, 1.54) is 14.1 Å². The maximum atomic E-state index is 13.9. The first kappa shape index (κ1) is 35.7. The molecule has 0 unspecified atom stereocenters. The third-order valence-electron chi connectivity index (χ3n) is 11.1. The van der Waals surface area contributed by atoms with Crippen LogP contribution >= 0.6 is 11.6 Å². The zero-order valence-corrected chi connectivity index (χ0v) is 30.7. The number of fused-ring (bicyclic) bond motifs is 2. The van der Waals surface area contributed by atoms with Gasteiger partial charge in [0, 0.05) is 62.0 Å². The second kappa shape index (κ2) is 12.9. The minimum absolute atomic E-state index is 0.116. The zero-order valence-electron chi connectivity index (χ0n) is 29.9. The second-order valence-electron chi connectivity index (χ2n) is 14.3. The predicted molar refractivity (Wildman–Crippen MR) is 197 cm³/mol. The normalized spacial score (nSPS) is 19.9. The number of nitrogens with one attached hydrogen (secondary N) is 2. The van der Waals surface area contributed by atoms with Crippen molar-refractivity contribution in [3.8, 4) is 28.3 Å². The molecule has 12 nitrogen and oxygen atoms in total. The molecule has 2 aromatic carbocycles. The van der Waals surface area contributed by atoms with E-state index in [9.17, 15) is 27.6 Å². The Kier molecular flexibility index (Phi) is 8.56. The van der Waals surface area contributed by atoms with Crippen LogP contribution in [-0.4, -0.2) is 60.6 Å². The highest BCUT2D eigenvalue weighted by atomic mass is 35.5. The summed E-state index contributed by atoms with van der Waals surface area (Å²) in [6.45, 7) is 3.45. The lowest BCUT2D eigenvalue weighted by atomic mass is 9.96. The number of ether oxygens (including phenoxy) is 1. The van der Waals surface area contributed by atoms with Crippen LogP contribution < -0.4 is 26.6 Å². The van der Waals surface area contributed by atoms with Crippen molar-refractivity contribution in [3.05, 3.63) is 90.8 Å². The monoisotopic (exact) mass is 760 g/mol. The lowest BCUT2D eigenvalue weighted by Gasteiger charge is -2.28. The minimum Gasteiger partial charge on any atom is -0.481 e. The van der Waals surface area contributed by atoms with Gasteiger partial charge in [-0.3, -0.25) is 23.6 Å². The molecule has 16 heteroatoms. The van der Waals surface area contributed by atoms with E-state index in [0.717, 1.165) is 59.0 Å². The van der Waals surface area contributed by atoms with Gasteiger partial charge < -0.3 is 15.4 Å². The number of amides is 1. The average molecular weight is 761 g/mol. The third kappa shape index (κ3) is 5.80. The number of likely N-dealkylation sites (tertiary alicyclic amines) is 1. The van der Waals surface area contributed by atoms with Gasteiger partial charge in [0.05, 0.1) is 23.4 Å². The fourth-order valence-corrected chi connectivity index (χ4v) is 8.62. The number of aryl methyl sites for hydroxylation is 2. The number of nitrogens with zero attached hydrogens (tertiary/aromatic N) is 6. The first-order chi connectivity index (χ1) is 25.7. The highest BCUT2D eigenvalue weighted by molar-refractivity contribution is 6.36. The van der Waals surface area contributed by atoms with Gasteiger partial charge in [0.2, 0.25) is 17.6 Å². The smallest absolute Gasteiger partial charge is 0.451 e. The summed E-state index contributed by atoms with van der Waals surface area (Å²) in [6, 6.07) is 13.0. The van der Waals surface area contributed by atoms with Gasteiger partial charge in [0.1, 0.15) is 11.2 Å². The Labute approximate surface area is 312 Å². The molecular weight excluding hydrogens is 725 g/mol. The molecular formula is C38H36ClF3N8O4. The molecule has 54 heavy (non-hydrogen) atoms. The van der Waals surface area contributed by atoms with Crippen LogP contribution in [0, 0.1) is 6.92 Å². The topological polar surface area (TPSA) is 136 Å². The van der Waals surface area contributed by atoms with Crippen LogP contribution in [0.3, 0.4) is 0 Å². The van der Waals surface area contributed by atoms with Gasteiger partial charge in [0.15, 0.2) is 5.65 Å². The molecule has 8 rings (SSSR count). The van der Waals surface area contributed by atoms with Crippen LogP contribution in [0.15, 0.2) is 52.1 Å². The van der Waals surface area contributed by atoms with Crippen molar-refractivity contribution in [1.29, 1.82) is 0 Å². The van der Waals surface area contributed by atoms with Crippen LogP contribution in [0.4, 0.5) is 24.7 Å². The number of hydrogen-bond donors (Lipinski definition) is 2. The van der Waals surface area contributed by atoms with Gasteiger partial charge in [-0.2, -0.15) is 13.2 Å². The number of alkyl halides is 3. The fraction of sp³-hybridized carbons (Fsp3) is 0.368. The lowest BCUT2D eigenvalue weighted by molar-refractivity contribution is -0.144. The minimum atomic E-state index is -4.95. The van der Waals surface area contributed by atoms with Gasteiger partial charge in [-0.1, -0.05) is 41.9 Å². The van der Waals surface area contributed by atoms with Gasteiger partial charge in [-0.15, -0.1) is 0 Å². The molecule has 1 spiro atoms. The molecule has 5 aromatic rings. The molecule has 2 N–H and O–H groups in total. The SMILES string of the molecule is COc1nc(-c2cccc(-c3cccc(Nc4nc(C(F)(F)F)nc5c4c(=O)n(C)c(=O)n5C)c3C)c2Cl)cc2c1[C@@H](N1CC[C@]3(CCC(=O)N3)C1)CC2. The van der Waals surface area contributed by atoms with Crippen molar-refractivity contribution in [1.82, 2.24) is 34.3 Å². The number of halogens is 4. The molecule has 0 bridgehead atoms. The summed E-state index contributed by atoms with van der Waals surface area (Å²) >= 11 is 7.18. The first-order valence-corrected chi connectivity index (χ1v) is 17.9. The Morgan fingerprint density at radius 1 is 0.981 bits per heavy atom. The summed E-state index contributed by atoms with van der Waals surface area (Å²) in [5, 5.41) is 6.29. The van der Waals surface area contributed by atoms with E-state index in [1.54, 1.807) is 26.2 Å². The summed E-state index contributed by atoms with van der Waals surface area (Å²) in [7, 11) is 4.08. The maximum Gasteiger partial charge on any atom is 0.451 e. The molecule has 0 radical (unpaired) electrons. The summed E-state index contributed by atoms with van der Waals surface area (Å²) in [4.78, 5) is 52.5. The van der Waals surface area contributed by atoms with Crippen LogP contribution in [-0.2, 0) is 31.5 Å². The number of rotatable bonds is 6. The van der Waals surface area contributed by atoms with Crippen LogP contribution in [0.1, 0.15) is 54.2 Å². The second-order valence-corrected chi connectivity index (χ2v) is 14.6. The number of carbonyl (C=O) groups is 1. The number of pyridine rings is 1. The first-order valence-electron chi connectivity index (χ1n) is 17.5.